The summed E-state index contributed by atoms with van der Waals surface area (Å²) >= 11 is 6.08. The van der Waals surface area contributed by atoms with Crippen molar-refractivity contribution >= 4 is 11.6 Å². The lowest BCUT2D eigenvalue weighted by Crippen LogP contribution is -2.31. The Morgan fingerprint density at radius 2 is 1.84 bits per heavy atom. The summed E-state index contributed by atoms with van der Waals surface area (Å²) in [6.45, 7) is 4.83. The maximum absolute atomic E-state index is 12.9. The first-order chi connectivity index (χ1) is 12.0. The summed E-state index contributed by atoms with van der Waals surface area (Å²) < 4.78 is 18.8. The fourth-order valence-corrected chi connectivity index (χ4v) is 2.47. The lowest BCUT2D eigenvalue weighted by molar-refractivity contribution is 0.191. The van der Waals surface area contributed by atoms with E-state index in [9.17, 15) is 9.50 Å². The molecule has 6 heteroatoms. The summed E-state index contributed by atoms with van der Waals surface area (Å²) in [5.74, 6) is 0.488. The Morgan fingerprint density at radius 1 is 1.12 bits per heavy atom. The molecule has 0 unspecified atom stereocenters. The number of nitrogens with one attached hydrogen (secondary N) is 2. The van der Waals surface area contributed by atoms with Gasteiger partial charge in [-0.2, -0.15) is 0 Å². The van der Waals surface area contributed by atoms with Gasteiger partial charge >= 0.3 is 0 Å². The Balaban J connectivity index is 1.85. The van der Waals surface area contributed by atoms with Gasteiger partial charge < -0.3 is 20.5 Å². The highest BCUT2D eigenvalue weighted by Gasteiger charge is 2.06. The second kappa shape index (κ2) is 10.4. The van der Waals surface area contributed by atoms with Crippen LogP contribution in [0.1, 0.15) is 18.1 Å². The van der Waals surface area contributed by atoms with Crippen LogP contribution in [0.4, 0.5) is 4.39 Å². The van der Waals surface area contributed by atoms with Gasteiger partial charge in [0.1, 0.15) is 18.2 Å². The van der Waals surface area contributed by atoms with Gasteiger partial charge in [0.2, 0.25) is 0 Å². The predicted octanol–water partition coefficient (Wildman–Crippen LogP) is 3.12. The molecule has 0 spiro atoms. The minimum absolute atomic E-state index is 0.260. The number of hydrogen-bond donors (Lipinski definition) is 3. The number of benzene rings is 2. The van der Waals surface area contributed by atoms with Crippen LogP contribution in [-0.4, -0.2) is 30.8 Å². The maximum atomic E-state index is 12.9. The van der Waals surface area contributed by atoms with Gasteiger partial charge in [-0.25, -0.2) is 4.39 Å². The Morgan fingerprint density at radius 3 is 2.56 bits per heavy atom. The van der Waals surface area contributed by atoms with Crippen molar-refractivity contribution in [1.29, 1.82) is 0 Å². The van der Waals surface area contributed by atoms with E-state index in [1.165, 1.54) is 12.1 Å². The van der Waals surface area contributed by atoms with Crippen molar-refractivity contribution in [3.63, 3.8) is 0 Å². The van der Waals surface area contributed by atoms with Gasteiger partial charge in [-0.15, -0.1) is 0 Å². The van der Waals surface area contributed by atoms with E-state index < -0.39 is 0 Å². The Kier molecular flexibility index (Phi) is 8.15. The minimum Gasteiger partial charge on any atom is -0.489 e. The summed E-state index contributed by atoms with van der Waals surface area (Å²) in [5, 5.41) is 16.3. The molecule has 0 bridgehead atoms. The molecule has 2 aromatic carbocycles. The van der Waals surface area contributed by atoms with Gasteiger partial charge in [0.05, 0.1) is 6.10 Å². The smallest absolute Gasteiger partial charge is 0.124 e. The first-order valence-electron chi connectivity index (χ1n) is 8.30. The number of hydrogen-bond acceptors (Lipinski definition) is 4. The molecule has 0 aliphatic carbocycles. The minimum atomic E-state index is -0.348. The molecule has 0 saturated carbocycles. The van der Waals surface area contributed by atoms with Gasteiger partial charge in [0.25, 0.3) is 0 Å². The molecule has 4 nitrogen and oxygen atoms in total. The van der Waals surface area contributed by atoms with Crippen LogP contribution in [0.5, 0.6) is 5.75 Å². The zero-order chi connectivity index (χ0) is 18.1. The van der Waals surface area contributed by atoms with Crippen molar-refractivity contribution in [3.8, 4) is 5.75 Å². The summed E-state index contributed by atoms with van der Waals surface area (Å²) in [7, 11) is 0. The van der Waals surface area contributed by atoms with Crippen molar-refractivity contribution in [2.45, 2.75) is 26.2 Å². The molecule has 1 atom stereocenters. The van der Waals surface area contributed by atoms with Gasteiger partial charge in [0, 0.05) is 36.8 Å². The Bertz CT molecular complexity index is 650. The second-order valence-corrected chi connectivity index (χ2v) is 6.33. The van der Waals surface area contributed by atoms with Crippen LogP contribution < -0.4 is 15.4 Å². The molecule has 0 saturated heterocycles. The second-order valence-electron chi connectivity index (χ2n) is 5.90. The van der Waals surface area contributed by atoms with Crippen molar-refractivity contribution in [3.05, 3.63) is 64.4 Å². The van der Waals surface area contributed by atoms with E-state index in [1.807, 2.05) is 12.1 Å². The zero-order valence-corrected chi connectivity index (χ0v) is 15.0. The highest BCUT2D eigenvalue weighted by molar-refractivity contribution is 6.30. The molecule has 3 N–H and O–H groups in total. The van der Waals surface area contributed by atoms with E-state index in [0.29, 0.717) is 24.7 Å². The normalized spacial score (nSPS) is 12.2. The van der Waals surface area contributed by atoms with E-state index in [4.69, 9.17) is 16.3 Å². The van der Waals surface area contributed by atoms with Crippen LogP contribution in [-0.2, 0) is 13.2 Å². The lowest BCUT2D eigenvalue weighted by Gasteiger charge is -2.13. The topological polar surface area (TPSA) is 53.5 Å². The Hall–Kier alpha value is -1.66. The highest BCUT2D eigenvalue weighted by atomic mass is 35.5. The maximum Gasteiger partial charge on any atom is 0.124 e. The lowest BCUT2D eigenvalue weighted by atomic mass is 10.2. The quantitative estimate of drug-likeness (QED) is 0.565. The van der Waals surface area contributed by atoms with Crippen molar-refractivity contribution in [2.24, 2.45) is 0 Å². The van der Waals surface area contributed by atoms with Crippen LogP contribution in [0.3, 0.4) is 0 Å². The monoisotopic (exact) mass is 366 g/mol. The third-order valence-corrected chi connectivity index (χ3v) is 3.80. The van der Waals surface area contributed by atoms with E-state index >= 15 is 0 Å². The number of halogens is 2. The molecule has 0 fully saturated rings. The molecule has 2 aromatic rings. The molecule has 0 heterocycles. The van der Waals surface area contributed by atoms with E-state index in [2.05, 4.69) is 10.6 Å². The molecule has 0 aromatic heterocycles. The summed E-state index contributed by atoms with van der Waals surface area (Å²) in [4.78, 5) is 0. The van der Waals surface area contributed by atoms with E-state index in [1.54, 1.807) is 25.1 Å². The van der Waals surface area contributed by atoms with Crippen LogP contribution in [0.25, 0.3) is 0 Å². The van der Waals surface area contributed by atoms with Crippen LogP contribution in [0.15, 0.2) is 42.5 Å². The molecule has 0 radical (unpaired) electrons. The number of aliphatic hydroxyl groups excluding tert-OH is 1. The number of aliphatic hydroxyl groups is 1. The van der Waals surface area contributed by atoms with Crippen LogP contribution in [0, 0.1) is 5.82 Å². The van der Waals surface area contributed by atoms with Gasteiger partial charge in [-0.05, 0) is 42.8 Å². The molecule has 2 rings (SSSR count). The van der Waals surface area contributed by atoms with Crippen molar-refractivity contribution < 1.29 is 14.2 Å². The third kappa shape index (κ3) is 7.40. The predicted molar refractivity (Wildman–Crippen MR) is 98.4 cm³/mol. The van der Waals surface area contributed by atoms with Crippen molar-refractivity contribution in [1.82, 2.24) is 10.6 Å². The number of ether oxygens (including phenoxy) is 1. The molecular formula is C19H24ClFN2O2. The zero-order valence-electron chi connectivity index (χ0n) is 14.3. The van der Waals surface area contributed by atoms with Gasteiger partial charge in [0.15, 0.2) is 0 Å². The average Bonchev–Trinajstić information content (AvgIpc) is 2.58. The fourth-order valence-electron chi connectivity index (χ4n) is 2.28. The molecule has 136 valence electrons. The standard InChI is InChI=1S/C19H24ClFN2O2/c1-14(24)11-22-8-9-23-12-16-10-17(20)4-7-19(16)25-13-15-2-5-18(21)6-3-15/h2-7,10,14,22-24H,8-9,11-13H2,1H3/t14-/m1/s1. The Labute approximate surface area is 153 Å². The molecule has 0 aliphatic heterocycles. The highest BCUT2D eigenvalue weighted by Crippen LogP contribution is 2.24. The largest absolute Gasteiger partial charge is 0.489 e. The SMILES string of the molecule is C[C@@H](O)CNCCNCc1cc(Cl)ccc1OCc1ccc(F)cc1. The molecule has 25 heavy (non-hydrogen) atoms. The first-order valence-corrected chi connectivity index (χ1v) is 8.67. The fraction of sp³-hybridized carbons (Fsp3) is 0.368. The van der Waals surface area contributed by atoms with E-state index in [-0.39, 0.29) is 11.9 Å². The summed E-state index contributed by atoms with van der Waals surface area (Å²) in [5.41, 5.74) is 1.86. The summed E-state index contributed by atoms with van der Waals surface area (Å²) in [6, 6.07) is 11.8. The summed E-state index contributed by atoms with van der Waals surface area (Å²) in [6.07, 6.45) is -0.348. The third-order valence-electron chi connectivity index (χ3n) is 3.56. The van der Waals surface area contributed by atoms with Crippen LogP contribution >= 0.6 is 11.6 Å². The van der Waals surface area contributed by atoms with Crippen LogP contribution in [0.2, 0.25) is 5.02 Å². The number of rotatable bonds is 10. The molecule has 0 aliphatic rings. The van der Waals surface area contributed by atoms with Gasteiger partial charge in [-0.3, -0.25) is 0 Å². The molecular weight excluding hydrogens is 343 g/mol. The van der Waals surface area contributed by atoms with Crippen molar-refractivity contribution in [2.75, 3.05) is 19.6 Å². The van der Waals surface area contributed by atoms with E-state index in [0.717, 1.165) is 30.0 Å². The average molecular weight is 367 g/mol. The van der Waals surface area contributed by atoms with Gasteiger partial charge in [-0.1, -0.05) is 23.7 Å². The first kappa shape index (κ1) is 19.7. The molecule has 0 amide bonds.